The van der Waals surface area contributed by atoms with Crippen molar-refractivity contribution in [1.29, 1.82) is 0 Å². The topological polar surface area (TPSA) is 18.5 Å². The number of rotatable bonds is 2. The quantitative estimate of drug-likeness (QED) is 0.699. The molecule has 1 saturated heterocycles. The predicted molar refractivity (Wildman–Crippen MR) is 60.6 cm³/mol. The van der Waals surface area contributed by atoms with Gasteiger partial charge >= 0.3 is 0 Å². The van der Waals surface area contributed by atoms with Crippen LogP contribution in [0.3, 0.4) is 0 Å². The van der Waals surface area contributed by atoms with E-state index in [1.165, 1.54) is 32.1 Å². The zero-order valence-electron chi connectivity index (χ0n) is 10.3. The molecule has 0 spiro atoms. The van der Waals surface area contributed by atoms with E-state index in [0.29, 0.717) is 24.4 Å². The van der Waals surface area contributed by atoms with E-state index in [9.17, 15) is 0 Å². The Morgan fingerprint density at radius 1 is 1.20 bits per heavy atom. The number of ether oxygens (including phenoxy) is 2. The minimum Gasteiger partial charge on any atom is -0.349 e. The molecule has 1 aliphatic heterocycles. The highest BCUT2D eigenvalue weighted by molar-refractivity contribution is 4.88. The molecular weight excluding hydrogens is 188 g/mol. The summed E-state index contributed by atoms with van der Waals surface area (Å²) >= 11 is 0. The van der Waals surface area contributed by atoms with Gasteiger partial charge < -0.3 is 9.47 Å². The van der Waals surface area contributed by atoms with E-state index >= 15 is 0 Å². The van der Waals surface area contributed by atoms with Gasteiger partial charge in [0, 0.05) is 0 Å². The van der Waals surface area contributed by atoms with Gasteiger partial charge in [0.2, 0.25) is 0 Å². The number of fused-ring (bicyclic) bond motifs is 1. The van der Waals surface area contributed by atoms with Crippen molar-refractivity contribution in [3.8, 4) is 0 Å². The van der Waals surface area contributed by atoms with Crippen LogP contribution in [0.2, 0.25) is 0 Å². The Bertz CT molecular complexity index is 201. The lowest BCUT2D eigenvalue weighted by Gasteiger charge is -2.34. The third-order valence-electron chi connectivity index (χ3n) is 4.78. The van der Waals surface area contributed by atoms with Crippen LogP contribution >= 0.6 is 0 Å². The number of hydrogen-bond donors (Lipinski definition) is 0. The van der Waals surface area contributed by atoms with Crippen LogP contribution in [-0.4, -0.2) is 19.0 Å². The zero-order chi connectivity index (χ0) is 10.9. The van der Waals surface area contributed by atoms with E-state index in [0.717, 1.165) is 5.92 Å². The van der Waals surface area contributed by atoms with Crippen LogP contribution in [0.4, 0.5) is 0 Å². The molecule has 15 heavy (non-hydrogen) atoms. The Kier molecular flexibility index (Phi) is 3.36. The average Bonchev–Trinajstić information content (AvgIpc) is 2.64. The Morgan fingerprint density at radius 3 is 2.20 bits per heavy atom. The van der Waals surface area contributed by atoms with Crippen LogP contribution in [0.25, 0.3) is 0 Å². The van der Waals surface area contributed by atoms with Gasteiger partial charge in [-0.15, -0.1) is 0 Å². The van der Waals surface area contributed by atoms with Crippen LogP contribution < -0.4 is 0 Å². The molecule has 1 saturated carbocycles. The molecule has 2 rings (SSSR count). The maximum atomic E-state index is 5.62. The molecule has 0 amide bonds. The summed E-state index contributed by atoms with van der Waals surface area (Å²) in [4.78, 5) is 0. The van der Waals surface area contributed by atoms with E-state index in [1.54, 1.807) is 0 Å². The Balaban J connectivity index is 2.00. The summed E-state index contributed by atoms with van der Waals surface area (Å²) in [5, 5.41) is 0. The van der Waals surface area contributed by atoms with Gasteiger partial charge in [-0.1, -0.05) is 27.2 Å². The molecule has 3 unspecified atom stereocenters. The monoisotopic (exact) mass is 212 g/mol. The molecule has 0 aromatic rings. The third-order valence-corrected chi connectivity index (χ3v) is 4.78. The first kappa shape index (κ1) is 11.4. The first-order chi connectivity index (χ1) is 7.15. The number of hydrogen-bond acceptors (Lipinski definition) is 2. The summed E-state index contributed by atoms with van der Waals surface area (Å²) in [7, 11) is 0. The molecule has 88 valence electrons. The highest BCUT2D eigenvalue weighted by Crippen LogP contribution is 2.44. The molecule has 1 heterocycles. The fourth-order valence-electron chi connectivity index (χ4n) is 3.02. The second-order valence-corrected chi connectivity index (χ2v) is 5.57. The lowest BCUT2D eigenvalue weighted by atomic mass is 9.71. The minimum atomic E-state index is 0.385. The average molecular weight is 212 g/mol. The van der Waals surface area contributed by atoms with Gasteiger partial charge in [0.05, 0.1) is 12.2 Å². The summed E-state index contributed by atoms with van der Waals surface area (Å²) in [5.41, 5.74) is 0.506. The Hall–Kier alpha value is -0.0800. The Labute approximate surface area is 93.3 Å². The first-order valence-electron chi connectivity index (χ1n) is 6.39. The van der Waals surface area contributed by atoms with Crippen molar-refractivity contribution < 1.29 is 9.47 Å². The SMILES string of the molecule is CCC(C)C1(C)CCC2OCOC2CC1. The molecule has 0 aromatic heterocycles. The summed E-state index contributed by atoms with van der Waals surface area (Å²) in [5.74, 6) is 0.816. The smallest absolute Gasteiger partial charge is 0.147 e. The molecule has 0 N–H and O–H groups in total. The molecular formula is C13H24O2. The standard InChI is InChI=1S/C13H24O2/c1-4-10(2)13(3)7-5-11-12(6-8-13)15-9-14-11/h10-12H,4-9H2,1-3H3. The lowest BCUT2D eigenvalue weighted by molar-refractivity contribution is 0.0236. The van der Waals surface area contributed by atoms with Gasteiger partial charge in [-0.05, 0) is 37.0 Å². The fourth-order valence-corrected chi connectivity index (χ4v) is 3.02. The Morgan fingerprint density at radius 2 is 1.73 bits per heavy atom. The lowest BCUT2D eigenvalue weighted by Crippen LogP contribution is -2.24. The summed E-state index contributed by atoms with van der Waals surface area (Å²) < 4.78 is 11.2. The maximum absolute atomic E-state index is 5.62. The van der Waals surface area contributed by atoms with E-state index in [1.807, 2.05) is 0 Å². The van der Waals surface area contributed by atoms with Crippen LogP contribution in [0, 0.1) is 11.3 Å². The van der Waals surface area contributed by atoms with Crippen molar-refractivity contribution >= 4 is 0 Å². The molecule has 2 fully saturated rings. The van der Waals surface area contributed by atoms with E-state index in [4.69, 9.17) is 9.47 Å². The zero-order valence-corrected chi connectivity index (χ0v) is 10.3. The first-order valence-corrected chi connectivity index (χ1v) is 6.39. The molecule has 0 bridgehead atoms. The van der Waals surface area contributed by atoms with Crippen LogP contribution in [0.15, 0.2) is 0 Å². The van der Waals surface area contributed by atoms with E-state index in [2.05, 4.69) is 20.8 Å². The van der Waals surface area contributed by atoms with Gasteiger partial charge in [-0.25, -0.2) is 0 Å². The molecule has 0 aromatic carbocycles. The van der Waals surface area contributed by atoms with Crippen molar-refractivity contribution in [2.75, 3.05) is 6.79 Å². The normalized spacial score (nSPS) is 43.4. The van der Waals surface area contributed by atoms with Gasteiger partial charge in [-0.2, -0.15) is 0 Å². The van der Waals surface area contributed by atoms with Crippen LogP contribution in [0.1, 0.15) is 52.9 Å². The largest absolute Gasteiger partial charge is 0.349 e. The van der Waals surface area contributed by atoms with Crippen molar-refractivity contribution in [2.24, 2.45) is 11.3 Å². The van der Waals surface area contributed by atoms with Crippen molar-refractivity contribution in [2.45, 2.75) is 65.1 Å². The van der Waals surface area contributed by atoms with E-state index in [-0.39, 0.29) is 0 Å². The molecule has 1 aliphatic carbocycles. The van der Waals surface area contributed by atoms with Gasteiger partial charge in [0.25, 0.3) is 0 Å². The van der Waals surface area contributed by atoms with Gasteiger partial charge in [0.1, 0.15) is 6.79 Å². The summed E-state index contributed by atoms with van der Waals surface area (Å²) in [6.45, 7) is 7.66. The van der Waals surface area contributed by atoms with Gasteiger partial charge in [-0.3, -0.25) is 0 Å². The predicted octanol–water partition coefficient (Wildman–Crippen LogP) is 3.35. The molecule has 2 nitrogen and oxygen atoms in total. The third kappa shape index (κ3) is 2.21. The molecule has 3 atom stereocenters. The maximum Gasteiger partial charge on any atom is 0.147 e. The van der Waals surface area contributed by atoms with Crippen LogP contribution in [0.5, 0.6) is 0 Å². The second kappa shape index (κ2) is 4.42. The molecule has 2 aliphatic rings. The van der Waals surface area contributed by atoms with E-state index < -0.39 is 0 Å². The van der Waals surface area contributed by atoms with Crippen molar-refractivity contribution in [3.05, 3.63) is 0 Å². The van der Waals surface area contributed by atoms with Crippen molar-refractivity contribution in [1.82, 2.24) is 0 Å². The molecule has 2 heteroatoms. The highest BCUT2D eigenvalue weighted by atomic mass is 16.7. The van der Waals surface area contributed by atoms with Crippen LogP contribution in [-0.2, 0) is 9.47 Å². The fraction of sp³-hybridized carbons (Fsp3) is 1.00. The highest BCUT2D eigenvalue weighted by Gasteiger charge is 2.39. The van der Waals surface area contributed by atoms with Gasteiger partial charge in [0.15, 0.2) is 0 Å². The molecule has 0 radical (unpaired) electrons. The summed E-state index contributed by atoms with van der Waals surface area (Å²) in [6.07, 6.45) is 7.02. The minimum absolute atomic E-state index is 0.385. The van der Waals surface area contributed by atoms with Crippen molar-refractivity contribution in [3.63, 3.8) is 0 Å². The summed E-state index contributed by atoms with van der Waals surface area (Å²) in [6, 6.07) is 0. The second-order valence-electron chi connectivity index (χ2n) is 5.57.